The largest absolute Gasteiger partial charge is 0.399 e. The summed E-state index contributed by atoms with van der Waals surface area (Å²) in [6.45, 7) is 0. The van der Waals surface area contributed by atoms with Crippen LogP contribution in [-0.2, 0) is 16.6 Å². The van der Waals surface area contributed by atoms with Crippen molar-refractivity contribution in [3.8, 4) is 0 Å². The zero-order chi connectivity index (χ0) is 15.6. The van der Waals surface area contributed by atoms with Crippen molar-refractivity contribution in [1.29, 1.82) is 0 Å². The van der Waals surface area contributed by atoms with Gasteiger partial charge in [0.1, 0.15) is 5.82 Å². The molecule has 0 radical (unpaired) electrons. The quantitative estimate of drug-likeness (QED) is 0.506. The van der Waals surface area contributed by atoms with Gasteiger partial charge in [-0.25, -0.2) is 4.39 Å². The van der Waals surface area contributed by atoms with Gasteiger partial charge in [-0.15, -0.1) is 0 Å². The van der Waals surface area contributed by atoms with Crippen molar-refractivity contribution < 1.29 is 13.5 Å². The molecule has 8 heteroatoms. The summed E-state index contributed by atoms with van der Waals surface area (Å²) in [4.78, 5) is 10.4. The number of hydrogen-bond donors (Lipinski definition) is 1. The number of rotatable bonds is 4. The van der Waals surface area contributed by atoms with Crippen molar-refractivity contribution >= 4 is 38.1 Å². The van der Waals surface area contributed by atoms with Crippen LogP contribution in [0.1, 0.15) is 5.56 Å². The highest BCUT2D eigenvalue weighted by molar-refractivity contribution is 9.10. The molecular weight excluding hydrogens is 363 g/mol. The standard InChI is InChI=1S/C13H10BrFN2O3S/c14-13-6-11(17(18)19)2-1-8(13)7-21(20)12-4-9(15)3-10(16)5-12/h1-6H,7,16H2. The number of nitrogen functional groups attached to an aromatic ring is 1. The fourth-order valence-electron chi connectivity index (χ4n) is 1.71. The Hall–Kier alpha value is -1.80. The van der Waals surface area contributed by atoms with Crippen LogP contribution < -0.4 is 5.73 Å². The molecule has 1 atom stereocenters. The predicted octanol–water partition coefficient (Wildman–Crippen LogP) is 3.39. The Balaban J connectivity index is 2.25. The third kappa shape index (κ3) is 3.85. The Kier molecular flexibility index (Phi) is 4.69. The smallest absolute Gasteiger partial charge is 0.270 e. The zero-order valence-electron chi connectivity index (χ0n) is 10.6. The second-order valence-electron chi connectivity index (χ2n) is 4.24. The Morgan fingerprint density at radius 2 is 2.00 bits per heavy atom. The molecule has 0 fully saturated rings. The normalized spacial score (nSPS) is 12.1. The molecule has 2 aromatic rings. The predicted molar refractivity (Wildman–Crippen MR) is 81.7 cm³/mol. The molecule has 2 aromatic carbocycles. The molecule has 1 unspecified atom stereocenters. The van der Waals surface area contributed by atoms with Gasteiger partial charge in [0.15, 0.2) is 0 Å². The van der Waals surface area contributed by atoms with E-state index >= 15 is 0 Å². The highest BCUT2D eigenvalue weighted by Gasteiger charge is 2.13. The molecule has 0 aliphatic carbocycles. The summed E-state index contributed by atoms with van der Waals surface area (Å²) in [6, 6.07) is 7.93. The summed E-state index contributed by atoms with van der Waals surface area (Å²) in [5.74, 6) is -0.456. The number of benzene rings is 2. The van der Waals surface area contributed by atoms with Crippen molar-refractivity contribution in [2.75, 3.05) is 5.73 Å². The molecule has 0 amide bonds. The van der Waals surface area contributed by atoms with Gasteiger partial charge in [-0.05, 0) is 23.8 Å². The Labute approximate surface area is 130 Å². The molecule has 0 aromatic heterocycles. The number of hydrogen-bond acceptors (Lipinski definition) is 4. The molecule has 0 heterocycles. The van der Waals surface area contributed by atoms with Gasteiger partial charge in [0.25, 0.3) is 5.69 Å². The Bertz CT molecular complexity index is 719. The summed E-state index contributed by atoms with van der Waals surface area (Å²) >= 11 is 3.21. The second kappa shape index (κ2) is 6.31. The van der Waals surface area contributed by atoms with E-state index in [4.69, 9.17) is 5.73 Å². The van der Waals surface area contributed by atoms with E-state index in [9.17, 15) is 18.7 Å². The summed E-state index contributed by atoms with van der Waals surface area (Å²) in [5, 5.41) is 10.7. The van der Waals surface area contributed by atoms with E-state index in [0.29, 0.717) is 10.0 Å². The maximum absolute atomic E-state index is 13.2. The summed E-state index contributed by atoms with van der Waals surface area (Å²) < 4.78 is 26.0. The van der Waals surface area contributed by atoms with Gasteiger partial charge in [-0.2, -0.15) is 0 Å². The minimum absolute atomic E-state index is 0.0635. The third-order valence-corrected chi connectivity index (χ3v) is 4.76. The molecule has 0 bridgehead atoms. The lowest BCUT2D eigenvalue weighted by Gasteiger charge is -2.06. The highest BCUT2D eigenvalue weighted by Crippen LogP contribution is 2.26. The van der Waals surface area contributed by atoms with Crippen molar-refractivity contribution in [3.05, 3.63) is 62.4 Å². The molecule has 0 spiro atoms. The third-order valence-electron chi connectivity index (χ3n) is 2.69. The lowest BCUT2D eigenvalue weighted by atomic mass is 10.2. The maximum atomic E-state index is 13.2. The van der Waals surface area contributed by atoms with Crippen LogP contribution in [0.5, 0.6) is 0 Å². The van der Waals surface area contributed by atoms with Crippen LogP contribution in [0.4, 0.5) is 15.8 Å². The monoisotopic (exact) mass is 372 g/mol. The van der Waals surface area contributed by atoms with E-state index in [-0.39, 0.29) is 22.0 Å². The first-order valence-electron chi connectivity index (χ1n) is 5.74. The number of nitrogens with zero attached hydrogens (tertiary/aromatic N) is 1. The number of anilines is 1. The van der Waals surface area contributed by atoms with Gasteiger partial charge in [0.2, 0.25) is 0 Å². The van der Waals surface area contributed by atoms with Crippen LogP contribution in [0.25, 0.3) is 0 Å². The Morgan fingerprint density at radius 3 is 2.57 bits per heavy atom. The molecular formula is C13H10BrFN2O3S. The van der Waals surface area contributed by atoms with Crippen molar-refractivity contribution in [3.63, 3.8) is 0 Å². The van der Waals surface area contributed by atoms with Crippen LogP contribution in [0.3, 0.4) is 0 Å². The molecule has 0 saturated heterocycles. The summed E-state index contributed by atoms with van der Waals surface area (Å²) in [6.07, 6.45) is 0. The summed E-state index contributed by atoms with van der Waals surface area (Å²) in [7, 11) is -1.50. The van der Waals surface area contributed by atoms with Crippen LogP contribution in [-0.4, -0.2) is 9.13 Å². The molecule has 0 aliphatic rings. The SMILES string of the molecule is Nc1cc(F)cc(S(=O)Cc2ccc([N+](=O)[O-])cc2Br)c1. The second-order valence-corrected chi connectivity index (χ2v) is 6.55. The van der Waals surface area contributed by atoms with E-state index in [1.54, 1.807) is 0 Å². The lowest BCUT2D eigenvalue weighted by molar-refractivity contribution is -0.384. The molecule has 2 rings (SSSR count). The van der Waals surface area contributed by atoms with Crippen molar-refractivity contribution in [2.24, 2.45) is 0 Å². The number of nitrogens with two attached hydrogens (primary N) is 1. The van der Waals surface area contributed by atoms with Crippen LogP contribution in [0.2, 0.25) is 0 Å². The first-order valence-corrected chi connectivity index (χ1v) is 7.85. The van der Waals surface area contributed by atoms with E-state index < -0.39 is 21.5 Å². The van der Waals surface area contributed by atoms with Gasteiger partial charge in [-0.3, -0.25) is 14.3 Å². The average molecular weight is 373 g/mol. The number of nitro groups is 1. The minimum Gasteiger partial charge on any atom is -0.399 e. The van der Waals surface area contributed by atoms with E-state index in [1.807, 2.05) is 0 Å². The average Bonchev–Trinajstić information content (AvgIpc) is 2.39. The van der Waals surface area contributed by atoms with Crippen molar-refractivity contribution in [1.82, 2.24) is 0 Å². The fraction of sp³-hybridized carbons (Fsp3) is 0.0769. The van der Waals surface area contributed by atoms with Crippen LogP contribution in [0, 0.1) is 15.9 Å². The van der Waals surface area contributed by atoms with Gasteiger partial charge in [0, 0.05) is 27.2 Å². The lowest BCUT2D eigenvalue weighted by Crippen LogP contribution is -2.00. The highest BCUT2D eigenvalue weighted by atomic mass is 79.9. The van der Waals surface area contributed by atoms with Gasteiger partial charge in [0.05, 0.1) is 21.5 Å². The molecule has 0 aliphatic heterocycles. The number of non-ortho nitro benzene ring substituents is 1. The maximum Gasteiger partial charge on any atom is 0.270 e. The van der Waals surface area contributed by atoms with Gasteiger partial charge in [-0.1, -0.05) is 22.0 Å². The Morgan fingerprint density at radius 1 is 1.29 bits per heavy atom. The molecule has 21 heavy (non-hydrogen) atoms. The van der Waals surface area contributed by atoms with Crippen molar-refractivity contribution in [2.45, 2.75) is 10.6 Å². The fourth-order valence-corrected chi connectivity index (χ4v) is 3.61. The van der Waals surface area contributed by atoms with E-state index in [0.717, 1.165) is 12.1 Å². The topological polar surface area (TPSA) is 86.2 Å². The van der Waals surface area contributed by atoms with E-state index in [1.165, 1.54) is 24.3 Å². The molecule has 5 nitrogen and oxygen atoms in total. The van der Waals surface area contributed by atoms with Crippen LogP contribution in [0.15, 0.2) is 45.8 Å². The summed E-state index contributed by atoms with van der Waals surface area (Å²) in [5.41, 5.74) is 6.27. The molecule has 2 N–H and O–H groups in total. The molecule has 0 saturated carbocycles. The van der Waals surface area contributed by atoms with Crippen LogP contribution >= 0.6 is 15.9 Å². The first-order chi connectivity index (χ1) is 9.86. The zero-order valence-corrected chi connectivity index (χ0v) is 13.0. The molecule has 110 valence electrons. The minimum atomic E-state index is -1.50. The van der Waals surface area contributed by atoms with Gasteiger partial charge >= 0.3 is 0 Å². The van der Waals surface area contributed by atoms with E-state index in [2.05, 4.69) is 15.9 Å². The van der Waals surface area contributed by atoms with Gasteiger partial charge < -0.3 is 5.73 Å². The first kappa shape index (κ1) is 15.6. The number of halogens is 2. The number of nitro benzene ring substituents is 1.